The largest absolute Gasteiger partial charge is 0.299 e. The lowest BCUT2D eigenvalue weighted by Crippen LogP contribution is -2.11. The van der Waals surface area contributed by atoms with Crippen LogP contribution in [0.15, 0.2) is 18.2 Å². The fourth-order valence-corrected chi connectivity index (χ4v) is 1.08. The first-order valence-corrected chi connectivity index (χ1v) is 4.55. The molecule has 0 aliphatic heterocycles. The SMILES string of the molecule is Cc1cccc(CC(=O)C(C)C)n1. The number of aromatic nitrogens is 1. The molecule has 0 saturated carbocycles. The number of rotatable bonds is 3. The van der Waals surface area contributed by atoms with E-state index in [1.165, 1.54) is 0 Å². The Morgan fingerprint density at radius 2 is 2.15 bits per heavy atom. The Morgan fingerprint density at radius 1 is 1.46 bits per heavy atom. The average Bonchev–Trinajstić information content (AvgIpc) is 2.04. The van der Waals surface area contributed by atoms with Crippen LogP contribution in [-0.2, 0) is 11.2 Å². The van der Waals surface area contributed by atoms with Crippen molar-refractivity contribution in [1.82, 2.24) is 4.98 Å². The van der Waals surface area contributed by atoms with E-state index in [0.717, 1.165) is 11.4 Å². The van der Waals surface area contributed by atoms with Gasteiger partial charge in [-0.1, -0.05) is 19.9 Å². The number of hydrogen-bond acceptors (Lipinski definition) is 2. The number of nitrogens with zero attached hydrogens (tertiary/aromatic N) is 1. The molecule has 2 nitrogen and oxygen atoms in total. The molecule has 1 rings (SSSR count). The number of hydrogen-bond donors (Lipinski definition) is 0. The molecule has 0 N–H and O–H groups in total. The fourth-order valence-electron chi connectivity index (χ4n) is 1.08. The summed E-state index contributed by atoms with van der Waals surface area (Å²) in [5.74, 6) is 0.348. The maximum atomic E-state index is 11.4. The summed E-state index contributed by atoms with van der Waals surface area (Å²) in [7, 11) is 0. The minimum atomic E-state index is 0.0994. The molecule has 0 aromatic carbocycles. The zero-order valence-electron chi connectivity index (χ0n) is 8.37. The number of aryl methyl sites for hydroxylation is 1. The third-order valence-corrected chi connectivity index (χ3v) is 1.95. The van der Waals surface area contributed by atoms with Crippen LogP contribution in [0.1, 0.15) is 25.2 Å². The van der Waals surface area contributed by atoms with Gasteiger partial charge in [0.15, 0.2) is 0 Å². The van der Waals surface area contributed by atoms with Gasteiger partial charge in [-0.25, -0.2) is 0 Å². The molecule has 0 fully saturated rings. The average molecular weight is 177 g/mol. The maximum Gasteiger partial charge on any atom is 0.141 e. The fraction of sp³-hybridized carbons (Fsp3) is 0.455. The zero-order valence-corrected chi connectivity index (χ0v) is 8.37. The highest BCUT2D eigenvalue weighted by Gasteiger charge is 2.08. The number of carbonyl (C=O) groups excluding carboxylic acids is 1. The van der Waals surface area contributed by atoms with Crippen LogP contribution in [0.3, 0.4) is 0 Å². The Hall–Kier alpha value is -1.18. The standard InChI is InChI=1S/C11H15NO/c1-8(2)11(13)7-10-6-4-5-9(3)12-10/h4-6,8H,7H2,1-3H3. The first kappa shape index (κ1) is 9.90. The van der Waals surface area contributed by atoms with Crippen molar-refractivity contribution in [3.05, 3.63) is 29.6 Å². The molecule has 0 aliphatic carbocycles. The van der Waals surface area contributed by atoms with Crippen molar-refractivity contribution in [2.45, 2.75) is 27.2 Å². The molecule has 0 bridgehead atoms. The first-order valence-electron chi connectivity index (χ1n) is 4.55. The van der Waals surface area contributed by atoms with E-state index < -0.39 is 0 Å². The summed E-state index contributed by atoms with van der Waals surface area (Å²) in [6.07, 6.45) is 0.458. The van der Waals surface area contributed by atoms with Crippen LogP contribution in [0.4, 0.5) is 0 Å². The number of carbonyl (C=O) groups is 1. The molecule has 70 valence electrons. The van der Waals surface area contributed by atoms with Crippen molar-refractivity contribution >= 4 is 5.78 Å². The van der Waals surface area contributed by atoms with Gasteiger partial charge in [-0.3, -0.25) is 9.78 Å². The molecule has 0 amide bonds. The van der Waals surface area contributed by atoms with E-state index in [0.29, 0.717) is 6.42 Å². The molecule has 0 atom stereocenters. The molecule has 13 heavy (non-hydrogen) atoms. The number of pyridine rings is 1. The van der Waals surface area contributed by atoms with Gasteiger partial charge in [0.1, 0.15) is 5.78 Å². The van der Waals surface area contributed by atoms with E-state index in [1.54, 1.807) is 0 Å². The lowest BCUT2D eigenvalue weighted by Gasteiger charge is -2.03. The summed E-state index contributed by atoms with van der Waals surface area (Å²) < 4.78 is 0. The third kappa shape index (κ3) is 2.98. The second-order valence-electron chi connectivity index (χ2n) is 3.57. The van der Waals surface area contributed by atoms with Gasteiger partial charge in [0.05, 0.1) is 0 Å². The van der Waals surface area contributed by atoms with Crippen molar-refractivity contribution in [3.63, 3.8) is 0 Å². The lowest BCUT2D eigenvalue weighted by molar-refractivity contribution is -0.121. The Bertz CT molecular complexity index is 305. The van der Waals surface area contributed by atoms with Crippen molar-refractivity contribution < 1.29 is 4.79 Å². The van der Waals surface area contributed by atoms with Crippen LogP contribution in [0.25, 0.3) is 0 Å². The summed E-state index contributed by atoms with van der Waals surface area (Å²) in [4.78, 5) is 15.7. The Labute approximate surface area is 79.0 Å². The summed E-state index contributed by atoms with van der Waals surface area (Å²) in [6, 6.07) is 5.77. The summed E-state index contributed by atoms with van der Waals surface area (Å²) in [5.41, 5.74) is 1.84. The zero-order chi connectivity index (χ0) is 9.84. The molecule has 0 aliphatic rings. The Morgan fingerprint density at radius 3 is 2.69 bits per heavy atom. The predicted octanol–water partition coefficient (Wildman–Crippen LogP) is 2.16. The first-order chi connectivity index (χ1) is 6.09. The van der Waals surface area contributed by atoms with Gasteiger partial charge < -0.3 is 0 Å². The van der Waals surface area contributed by atoms with E-state index >= 15 is 0 Å². The van der Waals surface area contributed by atoms with Gasteiger partial charge in [0, 0.05) is 23.7 Å². The highest BCUT2D eigenvalue weighted by Crippen LogP contribution is 2.04. The maximum absolute atomic E-state index is 11.4. The summed E-state index contributed by atoms with van der Waals surface area (Å²) in [6.45, 7) is 5.76. The lowest BCUT2D eigenvalue weighted by atomic mass is 10.0. The number of Topliss-reactive ketones (excluding diaryl/α,β-unsaturated/α-hetero) is 1. The Balaban J connectivity index is 2.69. The van der Waals surface area contributed by atoms with Crippen LogP contribution in [0, 0.1) is 12.8 Å². The monoisotopic (exact) mass is 177 g/mol. The molecule has 1 aromatic rings. The molecule has 0 saturated heterocycles. The highest BCUT2D eigenvalue weighted by atomic mass is 16.1. The van der Waals surface area contributed by atoms with Gasteiger partial charge in [-0.15, -0.1) is 0 Å². The molecule has 0 radical (unpaired) electrons. The second kappa shape index (κ2) is 4.17. The van der Waals surface area contributed by atoms with Crippen molar-refractivity contribution in [3.8, 4) is 0 Å². The van der Waals surface area contributed by atoms with Crippen LogP contribution in [-0.4, -0.2) is 10.8 Å². The number of ketones is 1. The van der Waals surface area contributed by atoms with Gasteiger partial charge in [0.2, 0.25) is 0 Å². The molecule has 0 spiro atoms. The van der Waals surface area contributed by atoms with E-state index in [-0.39, 0.29) is 11.7 Å². The van der Waals surface area contributed by atoms with Crippen LogP contribution in [0.5, 0.6) is 0 Å². The Kier molecular flexibility index (Phi) is 3.18. The van der Waals surface area contributed by atoms with E-state index in [1.807, 2.05) is 39.0 Å². The van der Waals surface area contributed by atoms with Crippen LogP contribution >= 0.6 is 0 Å². The van der Waals surface area contributed by atoms with Gasteiger partial charge >= 0.3 is 0 Å². The second-order valence-corrected chi connectivity index (χ2v) is 3.57. The van der Waals surface area contributed by atoms with E-state index in [9.17, 15) is 4.79 Å². The molecule has 0 unspecified atom stereocenters. The molecule has 2 heteroatoms. The minimum Gasteiger partial charge on any atom is -0.299 e. The summed E-state index contributed by atoms with van der Waals surface area (Å²) >= 11 is 0. The molecular formula is C11H15NO. The quantitative estimate of drug-likeness (QED) is 0.708. The van der Waals surface area contributed by atoms with E-state index in [4.69, 9.17) is 0 Å². The van der Waals surface area contributed by atoms with Crippen LogP contribution in [0.2, 0.25) is 0 Å². The normalized spacial score (nSPS) is 10.5. The van der Waals surface area contributed by atoms with Crippen molar-refractivity contribution in [1.29, 1.82) is 0 Å². The third-order valence-electron chi connectivity index (χ3n) is 1.95. The smallest absolute Gasteiger partial charge is 0.141 e. The summed E-state index contributed by atoms with van der Waals surface area (Å²) in [5, 5.41) is 0. The molecule has 1 aromatic heterocycles. The highest BCUT2D eigenvalue weighted by molar-refractivity contribution is 5.82. The molecule has 1 heterocycles. The minimum absolute atomic E-state index is 0.0994. The van der Waals surface area contributed by atoms with Gasteiger partial charge in [-0.05, 0) is 19.1 Å². The molecular weight excluding hydrogens is 162 g/mol. The van der Waals surface area contributed by atoms with Gasteiger partial charge in [0.25, 0.3) is 0 Å². The predicted molar refractivity (Wildman–Crippen MR) is 52.5 cm³/mol. The van der Waals surface area contributed by atoms with Crippen molar-refractivity contribution in [2.75, 3.05) is 0 Å². The topological polar surface area (TPSA) is 30.0 Å². The van der Waals surface area contributed by atoms with Gasteiger partial charge in [-0.2, -0.15) is 0 Å². The van der Waals surface area contributed by atoms with Crippen molar-refractivity contribution in [2.24, 2.45) is 5.92 Å². The van der Waals surface area contributed by atoms with Crippen LogP contribution < -0.4 is 0 Å². The van der Waals surface area contributed by atoms with E-state index in [2.05, 4.69) is 4.98 Å².